The molecule has 0 radical (unpaired) electrons. The summed E-state index contributed by atoms with van der Waals surface area (Å²) >= 11 is 0. The Morgan fingerprint density at radius 2 is 2.07 bits per heavy atom. The molecule has 27 heavy (non-hydrogen) atoms. The number of hydrogen-bond acceptors (Lipinski definition) is 5. The van der Waals surface area contributed by atoms with E-state index >= 15 is 0 Å². The van der Waals surface area contributed by atoms with Gasteiger partial charge in [-0.3, -0.25) is 9.59 Å². The fourth-order valence-corrected chi connectivity index (χ4v) is 3.03. The van der Waals surface area contributed by atoms with Gasteiger partial charge in [-0.15, -0.1) is 0 Å². The number of fused-ring (bicyclic) bond motifs is 1. The zero-order valence-corrected chi connectivity index (χ0v) is 14.3. The van der Waals surface area contributed by atoms with Crippen molar-refractivity contribution >= 4 is 28.8 Å². The summed E-state index contributed by atoms with van der Waals surface area (Å²) in [7, 11) is 0. The van der Waals surface area contributed by atoms with Crippen molar-refractivity contribution in [2.45, 2.75) is 19.4 Å². The van der Waals surface area contributed by atoms with Crippen molar-refractivity contribution in [3.05, 3.63) is 59.5 Å². The smallest absolute Gasteiger partial charge is 0.344 e. The first-order valence-corrected chi connectivity index (χ1v) is 8.01. The van der Waals surface area contributed by atoms with Gasteiger partial charge >= 0.3 is 11.9 Å². The normalized spacial score (nSPS) is 19.6. The highest BCUT2D eigenvalue weighted by molar-refractivity contribution is 6.09. The minimum Gasteiger partial charge on any atom is -0.466 e. The summed E-state index contributed by atoms with van der Waals surface area (Å²) in [5.41, 5.74) is 1.50. The molecule has 1 fully saturated rings. The Hall–Kier alpha value is -3.62. The first-order valence-electron chi connectivity index (χ1n) is 8.01. The van der Waals surface area contributed by atoms with E-state index in [4.69, 9.17) is 8.83 Å². The maximum Gasteiger partial charge on any atom is 0.344 e. The van der Waals surface area contributed by atoms with Gasteiger partial charge in [0.2, 0.25) is 0 Å². The average molecular weight is 371 g/mol. The summed E-state index contributed by atoms with van der Waals surface area (Å²) in [5.74, 6) is -1.88. The number of imide groups is 1. The van der Waals surface area contributed by atoms with Crippen molar-refractivity contribution in [2.24, 2.45) is 0 Å². The summed E-state index contributed by atoms with van der Waals surface area (Å²) in [5, 5.41) is 3.48. The molecule has 2 N–H and O–H groups in total. The molecule has 1 aromatic carbocycles. The topological polar surface area (TPSA) is 105 Å². The fourth-order valence-electron chi connectivity index (χ4n) is 3.03. The van der Waals surface area contributed by atoms with Gasteiger partial charge in [0.15, 0.2) is 11.3 Å². The SMILES string of the molecule is Cc1c(C(=O)NN2C(=O)NC(C)(c3ccco3)C2=O)oc2ccc(F)cc12. The standard InChI is InChI=1S/C18H14FN3O5/c1-9-11-8-10(19)5-6-12(11)27-14(9)15(23)21-22-16(24)18(2,20-17(22)25)13-4-3-7-26-13/h3-8H,1-2H3,(H,20,25)(H,21,23). The molecule has 1 saturated heterocycles. The van der Waals surface area contributed by atoms with E-state index < -0.39 is 29.2 Å². The van der Waals surface area contributed by atoms with Crippen molar-refractivity contribution in [1.82, 2.24) is 15.8 Å². The van der Waals surface area contributed by atoms with Gasteiger partial charge in [0.25, 0.3) is 5.91 Å². The molecule has 0 saturated carbocycles. The van der Waals surface area contributed by atoms with Crippen LogP contribution in [0.15, 0.2) is 45.4 Å². The van der Waals surface area contributed by atoms with Gasteiger partial charge in [0.1, 0.15) is 17.2 Å². The van der Waals surface area contributed by atoms with Crippen molar-refractivity contribution < 1.29 is 27.6 Å². The number of nitrogens with zero attached hydrogens (tertiary/aromatic N) is 1. The molecular weight excluding hydrogens is 357 g/mol. The number of carbonyl (C=O) groups is 3. The third-order valence-corrected chi connectivity index (χ3v) is 4.52. The van der Waals surface area contributed by atoms with Crippen LogP contribution in [0, 0.1) is 12.7 Å². The molecule has 138 valence electrons. The summed E-state index contributed by atoms with van der Waals surface area (Å²) in [6, 6.07) is 6.16. The minimum atomic E-state index is -1.44. The molecule has 4 rings (SSSR count). The molecule has 4 amide bonds. The van der Waals surface area contributed by atoms with Gasteiger partial charge in [-0.05, 0) is 44.2 Å². The van der Waals surface area contributed by atoms with Crippen LogP contribution < -0.4 is 10.7 Å². The molecule has 0 spiro atoms. The van der Waals surface area contributed by atoms with Gasteiger partial charge < -0.3 is 14.2 Å². The summed E-state index contributed by atoms with van der Waals surface area (Å²) in [4.78, 5) is 37.5. The molecule has 3 heterocycles. The van der Waals surface area contributed by atoms with Crippen LogP contribution in [0.25, 0.3) is 11.0 Å². The highest BCUT2D eigenvalue weighted by Crippen LogP contribution is 2.29. The molecule has 1 aliphatic heterocycles. The molecule has 0 bridgehead atoms. The number of hydrazine groups is 1. The van der Waals surface area contributed by atoms with Crippen LogP contribution >= 0.6 is 0 Å². The van der Waals surface area contributed by atoms with Crippen molar-refractivity contribution in [1.29, 1.82) is 0 Å². The predicted octanol–water partition coefficient (Wildman–Crippen LogP) is 2.59. The third-order valence-electron chi connectivity index (χ3n) is 4.52. The molecule has 8 nitrogen and oxygen atoms in total. The van der Waals surface area contributed by atoms with Crippen LogP contribution in [0.3, 0.4) is 0 Å². The van der Waals surface area contributed by atoms with Crippen molar-refractivity contribution in [3.8, 4) is 0 Å². The lowest BCUT2D eigenvalue weighted by atomic mass is 10.00. The molecule has 9 heteroatoms. The number of benzene rings is 1. The Kier molecular flexibility index (Phi) is 3.55. The third kappa shape index (κ3) is 2.47. The van der Waals surface area contributed by atoms with Crippen LogP contribution in [0.4, 0.5) is 9.18 Å². The van der Waals surface area contributed by atoms with Crippen LogP contribution in [0.5, 0.6) is 0 Å². The molecule has 0 aliphatic carbocycles. The van der Waals surface area contributed by atoms with Crippen LogP contribution in [-0.4, -0.2) is 22.9 Å². The molecule has 1 unspecified atom stereocenters. The Morgan fingerprint density at radius 3 is 2.78 bits per heavy atom. The molecule has 3 aromatic rings. The van der Waals surface area contributed by atoms with Gasteiger partial charge in [-0.1, -0.05) is 0 Å². The lowest BCUT2D eigenvalue weighted by molar-refractivity contribution is -0.133. The second kappa shape index (κ2) is 5.70. The highest BCUT2D eigenvalue weighted by Gasteiger charge is 2.52. The Balaban J connectivity index is 1.63. The van der Waals surface area contributed by atoms with Gasteiger partial charge in [-0.25, -0.2) is 14.6 Å². The largest absolute Gasteiger partial charge is 0.466 e. The molecule has 2 aromatic heterocycles. The van der Waals surface area contributed by atoms with E-state index in [9.17, 15) is 18.8 Å². The summed E-state index contributed by atoms with van der Waals surface area (Å²) < 4.78 is 24.1. The summed E-state index contributed by atoms with van der Waals surface area (Å²) in [6.45, 7) is 3.05. The number of hydrogen-bond donors (Lipinski definition) is 2. The average Bonchev–Trinajstić information content (AvgIpc) is 3.32. The second-order valence-electron chi connectivity index (χ2n) is 6.31. The van der Waals surface area contributed by atoms with E-state index in [1.807, 2.05) is 0 Å². The number of urea groups is 1. The van der Waals surface area contributed by atoms with Crippen LogP contribution in [0.1, 0.15) is 28.8 Å². The second-order valence-corrected chi connectivity index (χ2v) is 6.31. The van der Waals surface area contributed by atoms with E-state index in [0.29, 0.717) is 21.5 Å². The predicted molar refractivity (Wildman–Crippen MR) is 89.8 cm³/mol. The Bertz CT molecular complexity index is 1090. The van der Waals surface area contributed by atoms with E-state index in [0.717, 1.165) is 0 Å². The summed E-state index contributed by atoms with van der Waals surface area (Å²) in [6.07, 6.45) is 1.37. The number of nitrogens with one attached hydrogen (secondary N) is 2. The number of carbonyl (C=O) groups excluding carboxylic acids is 3. The minimum absolute atomic E-state index is 0.122. The van der Waals surface area contributed by atoms with E-state index in [-0.39, 0.29) is 11.5 Å². The zero-order chi connectivity index (χ0) is 19.3. The number of amides is 4. The van der Waals surface area contributed by atoms with Gasteiger partial charge in [0, 0.05) is 10.9 Å². The number of rotatable bonds is 3. The Morgan fingerprint density at radius 1 is 1.30 bits per heavy atom. The number of aryl methyl sites for hydroxylation is 1. The lowest BCUT2D eigenvalue weighted by Gasteiger charge is -2.18. The van der Waals surface area contributed by atoms with Crippen molar-refractivity contribution in [3.63, 3.8) is 0 Å². The first kappa shape index (κ1) is 16.8. The van der Waals surface area contributed by atoms with Crippen LogP contribution in [-0.2, 0) is 10.3 Å². The number of halogens is 1. The van der Waals surface area contributed by atoms with Gasteiger partial charge in [-0.2, -0.15) is 5.01 Å². The van der Waals surface area contributed by atoms with E-state index in [2.05, 4.69) is 10.7 Å². The van der Waals surface area contributed by atoms with Crippen LogP contribution in [0.2, 0.25) is 0 Å². The molecular formula is C18H14FN3O5. The Labute approximate surface area is 151 Å². The highest BCUT2D eigenvalue weighted by atomic mass is 19.1. The number of furan rings is 2. The fraction of sp³-hybridized carbons (Fsp3) is 0.167. The quantitative estimate of drug-likeness (QED) is 0.689. The molecule has 1 aliphatic rings. The van der Waals surface area contributed by atoms with Gasteiger partial charge in [0.05, 0.1) is 6.26 Å². The maximum atomic E-state index is 13.4. The monoisotopic (exact) mass is 371 g/mol. The molecule has 1 atom stereocenters. The maximum absolute atomic E-state index is 13.4. The van der Waals surface area contributed by atoms with E-state index in [1.165, 1.54) is 31.4 Å². The lowest BCUT2D eigenvalue weighted by Crippen LogP contribution is -2.47. The zero-order valence-electron chi connectivity index (χ0n) is 14.3. The first-order chi connectivity index (χ1) is 12.8. The van der Waals surface area contributed by atoms with E-state index in [1.54, 1.807) is 19.1 Å². The van der Waals surface area contributed by atoms with Crippen molar-refractivity contribution in [2.75, 3.05) is 0 Å².